The minimum atomic E-state index is 0.326. The fourth-order valence-electron chi connectivity index (χ4n) is 2.47. The zero-order valence-corrected chi connectivity index (χ0v) is 9.40. The zero-order chi connectivity index (χ0) is 9.31. The summed E-state index contributed by atoms with van der Waals surface area (Å²) < 4.78 is 5.65. The van der Waals surface area contributed by atoms with Gasteiger partial charge in [0.1, 0.15) is 0 Å². The third-order valence-corrected chi connectivity index (χ3v) is 5.07. The molecule has 2 aliphatic heterocycles. The van der Waals surface area contributed by atoms with Crippen molar-refractivity contribution in [2.75, 3.05) is 32.1 Å². The topological polar surface area (TPSA) is 12.5 Å². The highest BCUT2D eigenvalue weighted by Crippen LogP contribution is 2.44. The van der Waals surface area contributed by atoms with Crippen molar-refractivity contribution in [3.63, 3.8) is 0 Å². The van der Waals surface area contributed by atoms with Crippen molar-refractivity contribution in [2.45, 2.75) is 25.1 Å². The molecule has 2 heterocycles. The third kappa shape index (κ3) is 1.51. The van der Waals surface area contributed by atoms with Crippen LogP contribution in [-0.4, -0.2) is 41.8 Å². The summed E-state index contributed by atoms with van der Waals surface area (Å²) in [7, 11) is 0. The van der Waals surface area contributed by atoms with Gasteiger partial charge in [0.2, 0.25) is 0 Å². The van der Waals surface area contributed by atoms with E-state index in [-0.39, 0.29) is 0 Å². The molecule has 2 rings (SSSR count). The first-order valence-corrected chi connectivity index (χ1v) is 6.25. The van der Waals surface area contributed by atoms with E-state index in [2.05, 4.69) is 30.5 Å². The molecule has 2 atom stereocenters. The van der Waals surface area contributed by atoms with Crippen LogP contribution in [0.2, 0.25) is 0 Å². The number of thioether (sulfide) groups is 1. The predicted octanol–water partition coefficient (Wildman–Crippen LogP) is 1.81. The van der Waals surface area contributed by atoms with Crippen molar-refractivity contribution in [3.05, 3.63) is 0 Å². The summed E-state index contributed by atoms with van der Waals surface area (Å²) in [4.78, 5) is 2.93. The molecule has 2 aliphatic rings. The lowest BCUT2D eigenvalue weighted by Gasteiger charge is -2.44. The second-order valence-electron chi connectivity index (χ2n) is 4.02. The normalized spacial score (nSPS) is 41.5. The van der Waals surface area contributed by atoms with E-state index in [0.29, 0.717) is 4.87 Å². The van der Waals surface area contributed by atoms with Gasteiger partial charge in [0.15, 0.2) is 0 Å². The first-order valence-electron chi connectivity index (χ1n) is 5.26. The molecule has 0 aromatic heterocycles. The number of hydrogen-bond donors (Lipinski definition) is 0. The van der Waals surface area contributed by atoms with Gasteiger partial charge in [-0.15, -0.1) is 11.8 Å². The summed E-state index contributed by atoms with van der Waals surface area (Å²) in [6.07, 6.45) is 1.23. The molecule has 0 N–H and O–H groups in total. The number of rotatable bonds is 1. The molecule has 0 amide bonds. The number of hydrogen-bond acceptors (Lipinski definition) is 3. The number of likely N-dealkylation sites (N-methyl/N-ethyl adjacent to an activating group) is 1. The van der Waals surface area contributed by atoms with Gasteiger partial charge in [0.05, 0.1) is 11.5 Å². The minimum absolute atomic E-state index is 0.326. The molecule has 3 heteroatoms. The lowest BCUT2D eigenvalue weighted by Crippen LogP contribution is -2.52. The molecule has 1 spiro atoms. The van der Waals surface area contributed by atoms with Gasteiger partial charge < -0.3 is 4.74 Å². The Kier molecular flexibility index (Phi) is 2.86. The van der Waals surface area contributed by atoms with E-state index >= 15 is 0 Å². The molecule has 0 saturated carbocycles. The third-order valence-electron chi connectivity index (χ3n) is 3.40. The highest BCUT2D eigenvalue weighted by atomic mass is 32.2. The maximum atomic E-state index is 5.65. The first kappa shape index (κ1) is 9.81. The Bertz CT molecular complexity index is 188. The monoisotopic (exact) mass is 201 g/mol. The molecule has 0 bridgehead atoms. The molecule has 2 saturated heterocycles. The average Bonchev–Trinajstić information content (AvgIpc) is 2.55. The summed E-state index contributed by atoms with van der Waals surface area (Å²) in [5.74, 6) is 2.07. The fourth-order valence-corrected chi connectivity index (χ4v) is 4.11. The van der Waals surface area contributed by atoms with Crippen LogP contribution in [0.1, 0.15) is 20.3 Å². The van der Waals surface area contributed by atoms with Crippen molar-refractivity contribution < 1.29 is 4.74 Å². The van der Waals surface area contributed by atoms with Gasteiger partial charge in [0, 0.05) is 18.9 Å². The van der Waals surface area contributed by atoms with Gasteiger partial charge in [-0.05, 0) is 18.9 Å². The van der Waals surface area contributed by atoms with Crippen LogP contribution >= 0.6 is 11.8 Å². The van der Waals surface area contributed by atoms with Gasteiger partial charge in [0.25, 0.3) is 0 Å². The molecule has 13 heavy (non-hydrogen) atoms. The van der Waals surface area contributed by atoms with Gasteiger partial charge in [-0.1, -0.05) is 13.8 Å². The molecule has 0 aromatic carbocycles. The predicted molar refractivity (Wildman–Crippen MR) is 57.0 cm³/mol. The van der Waals surface area contributed by atoms with Crippen LogP contribution < -0.4 is 0 Å². The summed E-state index contributed by atoms with van der Waals surface area (Å²) in [5.41, 5.74) is 0. The molecule has 2 fully saturated rings. The van der Waals surface area contributed by atoms with E-state index in [9.17, 15) is 0 Å². The van der Waals surface area contributed by atoms with Crippen LogP contribution in [0.25, 0.3) is 0 Å². The van der Waals surface area contributed by atoms with Gasteiger partial charge >= 0.3 is 0 Å². The number of ether oxygens (including phenoxy) is 1. The highest BCUT2D eigenvalue weighted by molar-refractivity contribution is 8.00. The molecular weight excluding hydrogens is 182 g/mol. The van der Waals surface area contributed by atoms with Crippen molar-refractivity contribution >= 4 is 11.8 Å². The lowest BCUT2D eigenvalue weighted by molar-refractivity contribution is -0.0221. The van der Waals surface area contributed by atoms with E-state index in [1.54, 1.807) is 0 Å². The fraction of sp³-hybridized carbons (Fsp3) is 1.00. The lowest BCUT2D eigenvalue weighted by atomic mass is 9.95. The maximum Gasteiger partial charge on any atom is 0.0933 e. The van der Waals surface area contributed by atoms with Gasteiger partial charge in [-0.3, -0.25) is 4.90 Å². The van der Waals surface area contributed by atoms with E-state index in [4.69, 9.17) is 4.74 Å². The maximum absolute atomic E-state index is 5.65. The molecule has 2 nitrogen and oxygen atoms in total. The van der Waals surface area contributed by atoms with E-state index < -0.39 is 0 Å². The van der Waals surface area contributed by atoms with Crippen LogP contribution in [0.3, 0.4) is 0 Å². The molecule has 2 unspecified atom stereocenters. The Balaban J connectivity index is 2.15. The Hall–Kier alpha value is 0.270. The van der Waals surface area contributed by atoms with Crippen molar-refractivity contribution in [2.24, 2.45) is 5.92 Å². The van der Waals surface area contributed by atoms with E-state index in [1.165, 1.54) is 25.3 Å². The largest absolute Gasteiger partial charge is 0.379 e. The molecule has 0 radical (unpaired) electrons. The van der Waals surface area contributed by atoms with Crippen LogP contribution in [0.15, 0.2) is 0 Å². The van der Waals surface area contributed by atoms with Crippen LogP contribution in [-0.2, 0) is 4.74 Å². The quantitative estimate of drug-likeness (QED) is 0.642. The summed E-state index contributed by atoms with van der Waals surface area (Å²) in [6, 6.07) is 0. The minimum Gasteiger partial charge on any atom is -0.379 e. The number of nitrogens with zero attached hydrogens (tertiary/aromatic N) is 1. The Labute approximate surface area is 85.0 Å². The molecular formula is C10H19NOS. The van der Waals surface area contributed by atoms with Crippen LogP contribution in [0.5, 0.6) is 0 Å². The van der Waals surface area contributed by atoms with Gasteiger partial charge in [-0.25, -0.2) is 0 Å². The Morgan fingerprint density at radius 1 is 1.62 bits per heavy atom. The smallest absolute Gasteiger partial charge is 0.0933 e. The standard InChI is InChI=1S/C10H19NOS/c1-3-11-5-7-13-10(11)8-12-6-4-9(10)2/h9H,3-8H2,1-2H3. The van der Waals surface area contributed by atoms with Crippen molar-refractivity contribution in [1.82, 2.24) is 4.90 Å². The van der Waals surface area contributed by atoms with Gasteiger partial charge in [-0.2, -0.15) is 0 Å². The second kappa shape index (κ2) is 3.79. The summed E-state index contributed by atoms with van der Waals surface area (Å²) in [5, 5.41) is 0. The average molecular weight is 201 g/mol. The summed E-state index contributed by atoms with van der Waals surface area (Å²) >= 11 is 2.11. The molecule has 76 valence electrons. The van der Waals surface area contributed by atoms with Crippen LogP contribution in [0.4, 0.5) is 0 Å². The zero-order valence-electron chi connectivity index (χ0n) is 8.58. The van der Waals surface area contributed by atoms with E-state index in [1.807, 2.05) is 0 Å². The first-order chi connectivity index (χ1) is 6.29. The summed E-state index contributed by atoms with van der Waals surface area (Å²) in [6.45, 7) is 8.95. The Morgan fingerprint density at radius 3 is 3.15 bits per heavy atom. The molecule has 0 aliphatic carbocycles. The Morgan fingerprint density at radius 2 is 2.46 bits per heavy atom. The second-order valence-corrected chi connectivity index (χ2v) is 5.42. The van der Waals surface area contributed by atoms with E-state index in [0.717, 1.165) is 19.1 Å². The van der Waals surface area contributed by atoms with Crippen molar-refractivity contribution in [3.8, 4) is 0 Å². The van der Waals surface area contributed by atoms with Crippen molar-refractivity contribution in [1.29, 1.82) is 0 Å². The SMILES string of the molecule is CCN1CCSC12COCCC2C. The van der Waals surface area contributed by atoms with Crippen LogP contribution in [0, 0.1) is 5.92 Å². The molecule has 0 aromatic rings. The highest BCUT2D eigenvalue weighted by Gasteiger charge is 2.47.